The van der Waals surface area contributed by atoms with Gasteiger partial charge in [-0.3, -0.25) is 14.9 Å². The Bertz CT molecular complexity index is 566. The lowest BCUT2D eigenvalue weighted by Crippen LogP contribution is -2.61. The van der Waals surface area contributed by atoms with E-state index in [1.807, 2.05) is 0 Å². The van der Waals surface area contributed by atoms with Crippen LogP contribution in [0.2, 0.25) is 10.0 Å². The van der Waals surface area contributed by atoms with Gasteiger partial charge >= 0.3 is 0 Å². The molecule has 0 aliphatic carbocycles. The molecule has 102 valence electrons. The number of benzene rings is 1. The highest BCUT2D eigenvalue weighted by molar-refractivity contribution is 6.44. The van der Waals surface area contributed by atoms with Crippen LogP contribution < -0.4 is 0 Å². The molecule has 0 unspecified atom stereocenters. The van der Waals surface area contributed by atoms with Gasteiger partial charge in [-0.25, -0.2) is 0 Å². The van der Waals surface area contributed by atoms with Crippen molar-refractivity contribution < 1.29 is 14.8 Å². The Hall–Kier alpha value is -1.37. The molecule has 1 aliphatic heterocycles. The normalized spacial score (nSPS) is 16.9. The average Bonchev–Trinajstić information content (AvgIpc) is 2.28. The van der Waals surface area contributed by atoms with E-state index in [-0.39, 0.29) is 34.4 Å². The van der Waals surface area contributed by atoms with Gasteiger partial charge in [0.2, 0.25) is 0 Å². The third-order valence-electron chi connectivity index (χ3n) is 2.80. The quantitative estimate of drug-likeness (QED) is 0.670. The number of aliphatic hydroxyl groups is 1. The lowest BCUT2D eigenvalue weighted by atomic mass is 9.96. The maximum absolute atomic E-state index is 12.1. The minimum atomic E-state index is -0.924. The molecule has 1 fully saturated rings. The van der Waals surface area contributed by atoms with Gasteiger partial charge in [-0.05, 0) is 6.92 Å². The Labute approximate surface area is 118 Å². The fourth-order valence-electron chi connectivity index (χ4n) is 1.93. The Morgan fingerprint density at radius 2 is 2.05 bits per heavy atom. The molecule has 0 saturated carbocycles. The molecule has 1 N–H and O–H groups in total. The van der Waals surface area contributed by atoms with E-state index in [0.29, 0.717) is 0 Å². The van der Waals surface area contributed by atoms with E-state index in [4.69, 9.17) is 23.2 Å². The topological polar surface area (TPSA) is 83.7 Å². The number of nitro groups is 1. The number of rotatable bonds is 2. The molecule has 6 nitrogen and oxygen atoms in total. The zero-order valence-corrected chi connectivity index (χ0v) is 11.4. The van der Waals surface area contributed by atoms with Gasteiger partial charge in [-0.15, -0.1) is 0 Å². The van der Waals surface area contributed by atoms with Crippen molar-refractivity contribution >= 4 is 34.8 Å². The van der Waals surface area contributed by atoms with Crippen LogP contribution in [0.1, 0.15) is 17.3 Å². The maximum atomic E-state index is 12.1. The van der Waals surface area contributed by atoms with Crippen LogP contribution in [0.5, 0.6) is 0 Å². The third kappa shape index (κ3) is 2.65. The van der Waals surface area contributed by atoms with E-state index in [2.05, 4.69) is 0 Å². The molecule has 0 aromatic heterocycles. The molecule has 0 radical (unpaired) electrons. The van der Waals surface area contributed by atoms with Crippen LogP contribution in [0.4, 0.5) is 5.69 Å². The van der Waals surface area contributed by atoms with Gasteiger partial charge in [0.1, 0.15) is 0 Å². The molecular formula is C11H10Cl2N2O4. The highest BCUT2D eigenvalue weighted by Crippen LogP contribution is 2.33. The molecule has 2 rings (SSSR count). The molecule has 19 heavy (non-hydrogen) atoms. The van der Waals surface area contributed by atoms with Crippen molar-refractivity contribution in [1.29, 1.82) is 0 Å². The van der Waals surface area contributed by atoms with E-state index in [9.17, 15) is 20.0 Å². The second-order valence-electron chi connectivity index (χ2n) is 4.70. The van der Waals surface area contributed by atoms with Crippen molar-refractivity contribution in [2.45, 2.75) is 12.5 Å². The summed E-state index contributed by atoms with van der Waals surface area (Å²) in [6, 6.07) is 2.18. The lowest BCUT2D eigenvalue weighted by molar-refractivity contribution is -0.384. The van der Waals surface area contributed by atoms with Gasteiger partial charge in [0.05, 0.1) is 39.2 Å². The van der Waals surface area contributed by atoms with Crippen molar-refractivity contribution in [2.24, 2.45) is 0 Å². The molecule has 1 aromatic rings. The number of likely N-dealkylation sites (tertiary alicyclic amines) is 1. The van der Waals surface area contributed by atoms with Gasteiger partial charge in [0.25, 0.3) is 11.6 Å². The fourth-order valence-corrected chi connectivity index (χ4v) is 2.33. The second kappa shape index (κ2) is 4.63. The van der Waals surface area contributed by atoms with Crippen LogP contribution in [-0.2, 0) is 0 Å². The number of halogens is 2. The molecule has 0 bridgehead atoms. The summed E-state index contributed by atoms with van der Waals surface area (Å²) in [5, 5.41) is 20.2. The Morgan fingerprint density at radius 1 is 1.47 bits per heavy atom. The molecule has 1 saturated heterocycles. The number of non-ortho nitro benzene ring substituents is 1. The van der Waals surface area contributed by atoms with Crippen molar-refractivity contribution in [3.63, 3.8) is 0 Å². The molecule has 0 atom stereocenters. The van der Waals surface area contributed by atoms with Gasteiger partial charge in [0, 0.05) is 12.1 Å². The van der Waals surface area contributed by atoms with Gasteiger partial charge in [0.15, 0.2) is 0 Å². The van der Waals surface area contributed by atoms with E-state index in [1.165, 1.54) is 4.90 Å². The first-order chi connectivity index (χ1) is 8.71. The number of nitrogens with zero attached hydrogens (tertiary/aromatic N) is 2. The molecule has 0 spiro atoms. The Morgan fingerprint density at radius 3 is 2.53 bits per heavy atom. The standard InChI is InChI=1S/C11H10Cl2N2O4/c1-11(17)4-14(5-11)10(16)7-2-6(15(18)19)3-8(12)9(7)13/h2-3,17H,4-5H2,1H3. The van der Waals surface area contributed by atoms with Crippen LogP contribution in [0, 0.1) is 10.1 Å². The minimum absolute atomic E-state index is 0.0243. The number of β-amino-alcohol motifs (C(OH)–C–C–N with tert-alkyl or cyclic N) is 1. The summed E-state index contributed by atoms with van der Waals surface area (Å²) in [7, 11) is 0. The molecule has 1 aliphatic rings. The van der Waals surface area contributed by atoms with Crippen LogP contribution in [-0.4, -0.2) is 39.5 Å². The first kappa shape index (κ1) is 14.0. The zero-order chi connectivity index (χ0) is 14.4. The first-order valence-electron chi connectivity index (χ1n) is 5.36. The van der Waals surface area contributed by atoms with Crippen molar-refractivity contribution in [3.05, 3.63) is 37.9 Å². The largest absolute Gasteiger partial charge is 0.386 e. The number of hydrogen-bond acceptors (Lipinski definition) is 4. The van der Waals surface area contributed by atoms with Crippen molar-refractivity contribution in [3.8, 4) is 0 Å². The average molecular weight is 305 g/mol. The molecule has 1 aromatic carbocycles. The first-order valence-corrected chi connectivity index (χ1v) is 6.12. The van der Waals surface area contributed by atoms with Crippen LogP contribution in [0.15, 0.2) is 12.1 Å². The summed E-state index contributed by atoms with van der Waals surface area (Å²) in [5.41, 5.74) is -1.26. The second-order valence-corrected chi connectivity index (χ2v) is 5.49. The number of nitro benzene ring substituents is 1. The van der Waals surface area contributed by atoms with Crippen LogP contribution in [0.3, 0.4) is 0 Å². The summed E-state index contributed by atoms with van der Waals surface area (Å²) in [6.45, 7) is 1.91. The van der Waals surface area contributed by atoms with E-state index >= 15 is 0 Å². The summed E-state index contributed by atoms with van der Waals surface area (Å²) < 4.78 is 0. The predicted octanol–water partition coefficient (Wildman–Crippen LogP) is 2.11. The summed E-state index contributed by atoms with van der Waals surface area (Å²) in [5.74, 6) is -0.484. The molecule has 8 heteroatoms. The number of amides is 1. The Balaban J connectivity index is 2.34. The lowest BCUT2D eigenvalue weighted by Gasteiger charge is -2.44. The van der Waals surface area contributed by atoms with Crippen molar-refractivity contribution in [1.82, 2.24) is 4.90 Å². The monoisotopic (exact) mass is 304 g/mol. The SMILES string of the molecule is CC1(O)CN(C(=O)c2cc([N+](=O)[O-])cc(Cl)c2Cl)C1. The zero-order valence-electron chi connectivity index (χ0n) is 9.89. The van der Waals surface area contributed by atoms with Gasteiger partial charge in [-0.2, -0.15) is 0 Å². The van der Waals surface area contributed by atoms with Crippen LogP contribution >= 0.6 is 23.2 Å². The maximum Gasteiger partial charge on any atom is 0.271 e. The third-order valence-corrected chi connectivity index (χ3v) is 3.61. The van der Waals surface area contributed by atoms with Crippen LogP contribution in [0.25, 0.3) is 0 Å². The highest BCUT2D eigenvalue weighted by Gasteiger charge is 2.40. The number of hydrogen-bond donors (Lipinski definition) is 1. The van der Waals surface area contributed by atoms with E-state index in [1.54, 1.807) is 6.92 Å². The summed E-state index contributed by atoms with van der Waals surface area (Å²) in [4.78, 5) is 23.5. The van der Waals surface area contributed by atoms with E-state index in [0.717, 1.165) is 12.1 Å². The molecular weight excluding hydrogens is 295 g/mol. The molecule has 1 amide bonds. The van der Waals surface area contributed by atoms with Gasteiger partial charge < -0.3 is 10.0 Å². The highest BCUT2D eigenvalue weighted by atomic mass is 35.5. The van der Waals surface area contributed by atoms with Crippen molar-refractivity contribution in [2.75, 3.05) is 13.1 Å². The van der Waals surface area contributed by atoms with Gasteiger partial charge in [-0.1, -0.05) is 23.2 Å². The minimum Gasteiger partial charge on any atom is -0.386 e. The smallest absolute Gasteiger partial charge is 0.271 e. The summed E-state index contributed by atoms with van der Waals surface area (Å²) >= 11 is 11.7. The predicted molar refractivity (Wildman–Crippen MR) is 69.6 cm³/mol. The summed E-state index contributed by atoms with van der Waals surface area (Å²) in [6.07, 6.45) is 0. The fraction of sp³-hybridized carbons (Fsp3) is 0.364. The van der Waals surface area contributed by atoms with E-state index < -0.39 is 16.4 Å². The Kier molecular flexibility index (Phi) is 3.42. The molecule has 1 heterocycles. The number of carbonyl (C=O) groups is 1. The number of carbonyl (C=O) groups excluding carboxylic acids is 1.